The van der Waals surface area contributed by atoms with Gasteiger partial charge in [0.25, 0.3) is 0 Å². The highest BCUT2D eigenvalue weighted by atomic mass is 16.5. The van der Waals surface area contributed by atoms with Crippen LogP contribution in [0.5, 0.6) is 0 Å². The van der Waals surface area contributed by atoms with Crippen molar-refractivity contribution in [2.75, 3.05) is 39.5 Å². The van der Waals surface area contributed by atoms with Crippen LogP contribution in [-0.4, -0.2) is 55.5 Å². The van der Waals surface area contributed by atoms with Crippen LogP contribution in [0.25, 0.3) is 0 Å². The number of hydrogen-bond acceptors (Lipinski definition) is 4. The molecule has 112 valence electrons. The summed E-state index contributed by atoms with van der Waals surface area (Å²) in [6, 6.07) is 0.659. The van der Waals surface area contributed by atoms with Crippen LogP contribution in [-0.2, 0) is 4.74 Å². The van der Waals surface area contributed by atoms with E-state index in [1.807, 2.05) is 0 Å². The molecule has 19 heavy (non-hydrogen) atoms. The molecule has 0 aromatic rings. The Hall–Kier alpha value is -0.160. The number of nitrogens with two attached hydrogens (primary N) is 1. The van der Waals surface area contributed by atoms with E-state index < -0.39 is 0 Å². The lowest BCUT2D eigenvalue weighted by Crippen LogP contribution is -2.50. The van der Waals surface area contributed by atoms with Crippen LogP contribution < -0.4 is 5.73 Å². The average molecular weight is 270 g/mol. The van der Waals surface area contributed by atoms with Crippen LogP contribution in [0.15, 0.2) is 0 Å². The van der Waals surface area contributed by atoms with Gasteiger partial charge in [0.15, 0.2) is 0 Å². The smallest absolute Gasteiger partial charge is 0.0558 e. The summed E-state index contributed by atoms with van der Waals surface area (Å²) in [4.78, 5) is 2.51. The summed E-state index contributed by atoms with van der Waals surface area (Å²) in [5, 5.41) is 9.36. The second kappa shape index (κ2) is 7.58. The molecule has 2 aliphatic rings. The highest BCUT2D eigenvalue weighted by Crippen LogP contribution is 2.33. The average Bonchev–Trinajstić information content (AvgIpc) is 2.49. The predicted octanol–water partition coefficient (Wildman–Crippen LogP) is 1.37. The van der Waals surface area contributed by atoms with Gasteiger partial charge >= 0.3 is 0 Å². The Morgan fingerprint density at radius 1 is 1.16 bits per heavy atom. The van der Waals surface area contributed by atoms with Crippen molar-refractivity contribution in [3.05, 3.63) is 0 Å². The first-order valence-corrected chi connectivity index (χ1v) is 7.92. The zero-order chi connectivity index (χ0) is 13.6. The van der Waals surface area contributed by atoms with Gasteiger partial charge in [0.1, 0.15) is 0 Å². The fourth-order valence-corrected chi connectivity index (χ4v) is 3.63. The Labute approximate surface area is 117 Å². The number of hydrogen-bond donors (Lipinski definition) is 2. The molecule has 1 aliphatic heterocycles. The SMILES string of the molecule is NCC1(CN(CCO)C2CCCCC2)CCOCC1. The molecule has 0 bridgehead atoms. The molecule has 2 rings (SSSR count). The van der Waals surface area contributed by atoms with Gasteiger partial charge in [-0.3, -0.25) is 4.90 Å². The minimum absolute atomic E-state index is 0.213. The summed E-state index contributed by atoms with van der Waals surface area (Å²) in [6.07, 6.45) is 8.76. The van der Waals surface area contributed by atoms with Gasteiger partial charge in [0, 0.05) is 32.3 Å². The van der Waals surface area contributed by atoms with E-state index in [1.54, 1.807) is 0 Å². The summed E-state index contributed by atoms with van der Waals surface area (Å²) in [7, 11) is 0. The van der Waals surface area contributed by atoms with E-state index in [9.17, 15) is 5.11 Å². The lowest BCUT2D eigenvalue weighted by molar-refractivity contribution is -0.0143. The second-order valence-corrected chi connectivity index (χ2v) is 6.30. The van der Waals surface area contributed by atoms with Crippen LogP contribution >= 0.6 is 0 Å². The Morgan fingerprint density at radius 3 is 2.42 bits per heavy atom. The Bertz CT molecular complexity index is 249. The third kappa shape index (κ3) is 4.15. The molecule has 4 nitrogen and oxygen atoms in total. The fourth-order valence-electron chi connectivity index (χ4n) is 3.63. The van der Waals surface area contributed by atoms with E-state index in [0.717, 1.165) is 45.7 Å². The van der Waals surface area contributed by atoms with Crippen LogP contribution in [0, 0.1) is 5.41 Å². The number of nitrogens with zero attached hydrogens (tertiary/aromatic N) is 1. The molecule has 0 unspecified atom stereocenters. The standard InChI is InChI=1S/C15H30N2O2/c16-12-15(6-10-19-11-7-15)13-17(8-9-18)14-4-2-1-3-5-14/h14,18H,1-13,16H2. The minimum Gasteiger partial charge on any atom is -0.395 e. The summed E-state index contributed by atoms with van der Waals surface area (Å²) in [5.41, 5.74) is 6.28. The highest BCUT2D eigenvalue weighted by Gasteiger charge is 2.35. The molecule has 1 aliphatic carbocycles. The maximum Gasteiger partial charge on any atom is 0.0558 e. The molecule has 2 fully saturated rings. The quantitative estimate of drug-likeness (QED) is 0.765. The Kier molecular flexibility index (Phi) is 6.07. The van der Waals surface area contributed by atoms with Gasteiger partial charge in [0.05, 0.1) is 6.61 Å². The summed E-state index contributed by atoms with van der Waals surface area (Å²) in [5.74, 6) is 0. The first-order chi connectivity index (χ1) is 9.29. The van der Waals surface area contributed by atoms with E-state index in [4.69, 9.17) is 10.5 Å². The molecule has 0 spiro atoms. The van der Waals surface area contributed by atoms with Crippen molar-refractivity contribution in [1.82, 2.24) is 4.90 Å². The summed E-state index contributed by atoms with van der Waals surface area (Å²) >= 11 is 0. The number of ether oxygens (including phenoxy) is 1. The van der Waals surface area contributed by atoms with Crippen LogP contribution in [0.2, 0.25) is 0 Å². The lowest BCUT2D eigenvalue weighted by atomic mass is 9.79. The summed E-state index contributed by atoms with van der Waals surface area (Å²) < 4.78 is 5.49. The normalized spacial score (nSPS) is 24.8. The van der Waals surface area contributed by atoms with Crippen molar-refractivity contribution < 1.29 is 9.84 Å². The fraction of sp³-hybridized carbons (Fsp3) is 1.00. The molecule has 3 N–H and O–H groups in total. The monoisotopic (exact) mass is 270 g/mol. The maximum absolute atomic E-state index is 9.36. The second-order valence-electron chi connectivity index (χ2n) is 6.30. The molecule has 1 heterocycles. The molecule has 1 saturated heterocycles. The zero-order valence-electron chi connectivity index (χ0n) is 12.1. The van der Waals surface area contributed by atoms with Gasteiger partial charge in [-0.25, -0.2) is 0 Å². The molecule has 0 amide bonds. The lowest BCUT2D eigenvalue weighted by Gasteiger charge is -2.43. The molecule has 4 heteroatoms. The zero-order valence-corrected chi connectivity index (χ0v) is 12.1. The van der Waals surface area contributed by atoms with Crippen molar-refractivity contribution in [2.45, 2.75) is 51.0 Å². The third-order valence-corrected chi connectivity index (χ3v) is 5.00. The van der Waals surface area contributed by atoms with Gasteiger partial charge in [-0.05, 0) is 37.6 Å². The van der Waals surface area contributed by atoms with Gasteiger partial charge < -0.3 is 15.6 Å². The number of aliphatic hydroxyl groups is 1. The Morgan fingerprint density at radius 2 is 1.84 bits per heavy atom. The molecule has 0 aromatic heterocycles. The molecule has 1 saturated carbocycles. The highest BCUT2D eigenvalue weighted by molar-refractivity contribution is 4.88. The van der Waals surface area contributed by atoms with Gasteiger partial charge in [-0.15, -0.1) is 0 Å². The van der Waals surface area contributed by atoms with Crippen molar-refractivity contribution >= 4 is 0 Å². The largest absolute Gasteiger partial charge is 0.395 e. The van der Waals surface area contributed by atoms with Gasteiger partial charge in [-0.2, -0.15) is 0 Å². The minimum atomic E-state index is 0.213. The van der Waals surface area contributed by atoms with Crippen LogP contribution in [0.3, 0.4) is 0 Å². The van der Waals surface area contributed by atoms with E-state index in [0.29, 0.717) is 6.04 Å². The molecular formula is C15H30N2O2. The third-order valence-electron chi connectivity index (χ3n) is 5.00. The van der Waals surface area contributed by atoms with E-state index in [2.05, 4.69) is 4.90 Å². The number of rotatable bonds is 6. The van der Waals surface area contributed by atoms with Gasteiger partial charge in [-0.1, -0.05) is 19.3 Å². The van der Waals surface area contributed by atoms with Crippen molar-refractivity contribution in [1.29, 1.82) is 0 Å². The maximum atomic E-state index is 9.36. The van der Waals surface area contributed by atoms with E-state index in [-0.39, 0.29) is 12.0 Å². The van der Waals surface area contributed by atoms with Gasteiger partial charge in [0.2, 0.25) is 0 Å². The van der Waals surface area contributed by atoms with E-state index >= 15 is 0 Å². The molecular weight excluding hydrogens is 240 g/mol. The molecule has 0 radical (unpaired) electrons. The van der Waals surface area contributed by atoms with E-state index in [1.165, 1.54) is 32.1 Å². The van der Waals surface area contributed by atoms with Crippen molar-refractivity contribution in [3.8, 4) is 0 Å². The van der Waals surface area contributed by atoms with Crippen molar-refractivity contribution in [3.63, 3.8) is 0 Å². The first-order valence-electron chi connectivity index (χ1n) is 7.92. The molecule has 0 atom stereocenters. The topological polar surface area (TPSA) is 58.7 Å². The predicted molar refractivity (Wildman–Crippen MR) is 77.1 cm³/mol. The number of aliphatic hydroxyl groups excluding tert-OH is 1. The first kappa shape index (κ1) is 15.2. The van der Waals surface area contributed by atoms with Crippen molar-refractivity contribution in [2.24, 2.45) is 11.1 Å². The van der Waals surface area contributed by atoms with Crippen LogP contribution in [0.1, 0.15) is 44.9 Å². The van der Waals surface area contributed by atoms with Crippen LogP contribution in [0.4, 0.5) is 0 Å². The Balaban J connectivity index is 1.96. The molecule has 0 aromatic carbocycles. The summed E-state index contributed by atoms with van der Waals surface area (Å²) in [6.45, 7) is 4.52.